The smallest absolute Gasteiger partial charge is 0.0740 e. The number of halogens is 1. The minimum atomic E-state index is -0.00253. The van der Waals surface area contributed by atoms with E-state index in [1.54, 1.807) is 0 Å². The predicted molar refractivity (Wildman–Crippen MR) is 63.9 cm³/mol. The summed E-state index contributed by atoms with van der Waals surface area (Å²) in [5.74, 6) is 0.438. The lowest BCUT2D eigenvalue weighted by Gasteiger charge is -2.19. The average Bonchev–Trinajstić information content (AvgIpc) is 2.27. The zero-order valence-corrected chi connectivity index (χ0v) is 9.96. The van der Waals surface area contributed by atoms with E-state index in [1.165, 1.54) is 0 Å². The molecule has 1 atom stereocenters. The zero-order valence-electron chi connectivity index (χ0n) is 9.20. The lowest BCUT2D eigenvalue weighted by atomic mass is 9.84. The van der Waals surface area contributed by atoms with Crippen LogP contribution in [0.25, 0.3) is 0 Å². The molecule has 1 unspecified atom stereocenters. The van der Waals surface area contributed by atoms with Crippen molar-refractivity contribution in [3.8, 4) is 6.07 Å². The van der Waals surface area contributed by atoms with Crippen molar-refractivity contribution >= 4 is 11.6 Å². The first-order chi connectivity index (χ1) is 7.22. The molecule has 1 aromatic rings. The fraction of sp³-hybridized carbons (Fsp3) is 0.462. The first-order valence-electron chi connectivity index (χ1n) is 5.38. The quantitative estimate of drug-likeness (QED) is 0.740. The summed E-state index contributed by atoms with van der Waals surface area (Å²) in [4.78, 5) is 0. The molecular formula is C13H16ClN. The lowest BCUT2D eigenvalue weighted by molar-refractivity contribution is 0.453. The van der Waals surface area contributed by atoms with Crippen molar-refractivity contribution in [3.05, 3.63) is 34.9 Å². The third-order valence-corrected chi connectivity index (χ3v) is 3.14. The highest BCUT2D eigenvalue weighted by atomic mass is 35.5. The summed E-state index contributed by atoms with van der Waals surface area (Å²) in [6, 6.07) is 10.0. The van der Waals surface area contributed by atoms with Crippen molar-refractivity contribution in [2.45, 2.75) is 32.6 Å². The largest absolute Gasteiger partial charge is 0.198 e. The molecule has 0 aliphatic heterocycles. The number of nitrogens with zero attached hydrogens (tertiary/aromatic N) is 1. The Morgan fingerprint density at radius 3 is 2.13 bits per heavy atom. The van der Waals surface area contributed by atoms with Gasteiger partial charge in [-0.15, -0.1) is 0 Å². The highest BCUT2D eigenvalue weighted by Gasteiger charge is 2.19. The topological polar surface area (TPSA) is 23.8 Å². The Hall–Kier alpha value is -1.00. The first-order valence-corrected chi connectivity index (χ1v) is 5.75. The van der Waals surface area contributed by atoms with E-state index in [4.69, 9.17) is 11.6 Å². The van der Waals surface area contributed by atoms with Crippen LogP contribution in [0.2, 0.25) is 5.02 Å². The lowest BCUT2D eigenvalue weighted by Crippen LogP contribution is -2.09. The predicted octanol–water partition coefficient (Wildman–Crippen LogP) is 4.38. The van der Waals surface area contributed by atoms with Gasteiger partial charge in [-0.2, -0.15) is 5.26 Å². The van der Waals surface area contributed by atoms with E-state index in [-0.39, 0.29) is 5.92 Å². The van der Waals surface area contributed by atoms with Crippen molar-refractivity contribution in [2.75, 3.05) is 0 Å². The van der Waals surface area contributed by atoms with Gasteiger partial charge in [0.1, 0.15) is 0 Å². The van der Waals surface area contributed by atoms with Gasteiger partial charge in [0.05, 0.1) is 12.0 Å². The molecule has 80 valence electrons. The molecule has 0 amide bonds. The zero-order chi connectivity index (χ0) is 11.3. The number of hydrogen-bond donors (Lipinski definition) is 0. The van der Waals surface area contributed by atoms with E-state index in [1.807, 2.05) is 24.3 Å². The Morgan fingerprint density at radius 1 is 1.20 bits per heavy atom. The van der Waals surface area contributed by atoms with E-state index < -0.39 is 0 Å². The molecule has 1 aromatic carbocycles. The highest BCUT2D eigenvalue weighted by molar-refractivity contribution is 6.30. The average molecular weight is 222 g/mol. The molecule has 0 bridgehead atoms. The Labute approximate surface area is 96.7 Å². The molecule has 0 N–H and O–H groups in total. The second kappa shape index (κ2) is 5.78. The van der Waals surface area contributed by atoms with E-state index in [9.17, 15) is 5.26 Å². The second-order valence-corrected chi connectivity index (χ2v) is 4.17. The van der Waals surface area contributed by atoms with Gasteiger partial charge in [-0.25, -0.2) is 0 Å². The summed E-state index contributed by atoms with van der Waals surface area (Å²) in [5.41, 5.74) is 1.08. The number of nitriles is 1. The van der Waals surface area contributed by atoms with Crippen molar-refractivity contribution in [1.82, 2.24) is 0 Å². The Kier molecular flexibility index (Phi) is 4.65. The normalized spacial score (nSPS) is 12.5. The van der Waals surface area contributed by atoms with E-state index in [2.05, 4.69) is 19.9 Å². The molecule has 0 aliphatic rings. The van der Waals surface area contributed by atoms with Crippen LogP contribution in [0.5, 0.6) is 0 Å². The SMILES string of the molecule is CCC(CC)C(C#N)c1ccc(Cl)cc1. The van der Waals surface area contributed by atoms with Gasteiger partial charge in [0.25, 0.3) is 0 Å². The van der Waals surface area contributed by atoms with Gasteiger partial charge in [0.2, 0.25) is 0 Å². The molecule has 0 saturated carbocycles. The van der Waals surface area contributed by atoms with Crippen LogP contribution in [-0.2, 0) is 0 Å². The summed E-state index contributed by atoms with van der Waals surface area (Å²) in [6.45, 7) is 4.27. The van der Waals surface area contributed by atoms with Gasteiger partial charge in [-0.1, -0.05) is 50.4 Å². The summed E-state index contributed by atoms with van der Waals surface area (Å²) in [5, 5.41) is 9.92. The van der Waals surface area contributed by atoms with Gasteiger partial charge < -0.3 is 0 Å². The van der Waals surface area contributed by atoms with Crippen molar-refractivity contribution in [1.29, 1.82) is 5.26 Å². The van der Waals surface area contributed by atoms with E-state index in [0.717, 1.165) is 23.4 Å². The first kappa shape index (κ1) is 12.1. The third kappa shape index (κ3) is 2.97. The molecule has 0 spiro atoms. The molecule has 2 heteroatoms. The second-order valence-electron chi connectivity index (χ2n) is 3.73. The van der Waals surface area contributed by atoms with Crippen LogP contribution < -0.4 is 0 Å². The summed E-state index contributed by atoms with van der Waals surface area (Å²) in [6.07, 6.45) is 2.08. The Bertz CT molecular complexity index is 333. The van der Waals surface area contributed by atoms with Crippen molar-refractivity contribution in [3.63, 3.8) is 0 Å². The van der Waals surface area contributed by atoms with Gasteiger partial charge in [0, 0.05) is 5.02 Å². The van der Waals surface area contributed by atoms with Gasteiger partial charge in [-0.05, 0) is 23.6 Å². The summed E-state index contributed by atoms with van der Waals surface area (Å²) in [7, 11) is 0. The molecule has 0 fully saturated rings. The van der Waals surface area contributed by atoms with Crippen LogP contribution in [0.1, 0.15) is 38.2 Å². The number of rotatable bonds is 4. The van der Waals surface area contributed by atoms with Crippen LogP contribution >= 0.6 is 11.6 Å². The van der Waals surface area contributed by atoms with Gasteiger partial charge in [0.15, 0.2) is 0 Å². The van der Waals surface area contributed by atoms with E-state index in [0.29, 0.717) is 5.92 Å². The molecular weight excluding hydrogens is 206 g/mol. The van der Waals surface area contributed by atoms with E-state index >= 15 is 0 Å². The molecule has 1 nitrogen and oxygen atoms in total. The fourth-order valence-electron chi connectivity index (χ4n) is 1.88. The fourth-order valence-corrected chi connectivity index (χ4v) is 2.01. The molecule has 0 aromatic heterocycles. The molecule has 15 heavy (non-hydrogen) atoms. The molecule has 0 heterocycles. The summed E-state index contributed by atoms with van der Waals surface area (Å²) >= 11 is 5.82. The Morgan fingerprint density at radius 2 is 1.73 bits per heavy atom. The standard InChI is InChI=1S/C13H16ClN/c1-3-10(4-2)13(9-15)11-5-7-12(14)8-6-11/h5-8,10,13H,3-4H2,1-2H3. The minimum Gasteiger partial charge on any atom is -0.198 e. The molecule has 0 radical (unpaired) electrons. The van der Waals surface area contributed by atoms with Crippen LogP contribution in [-0.4, -0.2) is 0 Å². The molecule has 0 aliphatic carbocycles. The van der Waals surface area contributed by atoms with Gasteiger partial charge in [-0.3, -0.25) is 0 Å². The minimum absolute atomic E-state index is 0.00253. The maximum atomic E-state index is 9.20. The number of benzene rings is 1. The number of hydrogen-bond acceptors (Lipinski definition) is 1. The van der Waals surface area contributed by atoms with Crippen molar-refractivity contribution < 1.29 is 0 Å². The third-order valence-electron chi connectivity index (χ3n) is 2.89. The Balaban J connectivity index is 2.92. The van der Waals surface area contributed by atoms with Crippen molar-refractivity contribution in [2.24, 2.45) is 5.92 Å². The molecule has 1 rings (SSSR count). The maximum Gasteiger partial charge on any atom is 0.0740 e. The van der Waals surface area contributed by atoms with Crippen LogP contribution in [0.4, 0.5) is 0 Å². The van der Waals surface area contributed by atoms with Crippen LogP contribution in [0.15, 0.2) is 24.3 Å². The van der Waals surface area contributed by atoms with Crippen LogP contribution in [0.3, 0.4) is 0 Å². The van der Waals surface area contributed by atoms with Crippen LogP contribution in [0, 0.1) is 17.2 Å². The molecule has 0 saturated heterocycles. The maximum absolute atomic E-state index is 9.20. The highest BCUT2D eigenvalue weighted by Crippen LogP contribution is 2.29. The monoisotopic (exact) mass is 221 g/mol. The summed E-state index contributed by atoms with van der Waals surface area (Å²) < 4.78 is 0. The van der Waals surface area contributed by atoms with Gasteiger partial charge >= 0.3 is 0 Å².